The molecule has 5 heteroatoms. The topological polar surface area (TPSA) is 55.6 Å². The minimum Gasteiger partial charge on any atom is -0.370 e. The standard InChI is InChI=1S/C16H23BrN2O2/c1-16(2,3)14(18)15(20)19-8-9-21-13(10-19)11-4-6-12(17)7-5-11/h4-7,13-14H,8-10,18H2,1-3H3/t13?,14-/m1/s1. The average Bonchev–Trinajstić information content (AvgIpc) is 2.45. The minimum atomic E-state index is -0.485. The van der Waals surface area contributed by atoms with Crippen LogP contribution in [0.1, 0.15) is 32.4 Å². The first kappa shape index (κ1) is 16.5. The van der Waals surface area contributed by atoms with Crippen molar-refractivity contribution in [2.24, 2.45) is 11.1 Å². The lowest BCUT2D eigenvalue weighted by Crippen LogP contribution is -2.53. The van der Waals surface area contributed by atoms with Gasteiger partial charge in [-0.25, -0.2) is 0 Å². The van der Waals surface area contributed by atoms with Crippen LogP contribution in [0.5, 0.6) is 0 Å². The van der Waals surface area contributed by atoms with Gasteiger partial charge in [0.1, 0.15) is 6.10 Å². The maximum absolute atomic E-state index is 12.5. The van der Waals surface area contributed by atoms with E-state index in [9.17, 15) is 4.79 Å². The summed E-state index contributed by atoms with van der Waals surface area (Å²) >= 11 is 3.42. The number of morpholine rings is 1. The Hall–Kier alpha value is -0.910. The second-order valence-corrected chi connectivity index (χ2v) is 7.45. The van der Waals surface area contributed by atoms with Gasteiger partial charge in [0.05, 0.1) is 19.2 Å². The van der Waals surface area contributed by atoms with Gasteiger partial charge in [-0.3, -0.25) is 4.79 Å². The number of ether oxygens (including phenoxy) is 1. The van der Waals surface area contributed by atoms with Crippen LogP contribution in [0.3, 0.4) is 0 Å². The highest BCUT2D eigenvalue weighted by Gasteiger charge is 2.34. The summed E-state index contributed by atoms with van der Waals surface area (Å²) in [4.78, 5) is 14.3. The quantitative estimate of drug-likeness (QED) is 0.888. The van der Waals surface area contributed by atoms with Crippen LogP contribution >= 0.6 is 15.9 Å². The first-order valence-electron chi connectivity index (χ1n) is 7.20. The molecule has 0 aliphatic carbocycles. The van der Waals surface area contributed by atoms with Crippen molar-refractivity contribution in [3.8, 4) is 0 Å². The van der Waals surface area contributed by atoms with Crippen molar-refractivity contribution in [3.63, 3.8) is 0 Å². The van der Waals surface area contributed by atoms with Crippen LogP contribution < -0.4 is 5.73 Å². The van der Waals surface area contributed by atoms with E-state index in [0.29, 0.717) is 19.7 Å². The second-order valence-electron chi connectivity index (χ2n) is 6.54. The Morgan fingerprint density at radius 3 is 2.57 bits per heavy atom. The number of benzene rings is 1. The van der Waals surface area contributed by atoms with Crippen LogP contribution in [0.4, 0.5) is 0 Å². The molecular formula is C16H23BrN2O2. The molecule has 1 aliphatic rings. The molecule has 4 nitrogen and oxygen atoms in total. The van der Waals surface area contributed by atoms with Gasteiger partial charge in [0.25, 0.3) is 0 Å². The number of rotatable bonds is 2. The molecule has 1 aromatic carbocycles. The number of hydrogen-bond acceptors (Lipinski definition) is 3. The van der Waals surface area contributed by atoms with Crippen LogP contribution in [0.2, 0.25) is 0 Å². The minimum absolute atomic E-state index is 0.00733. The van der Waals surface area contributed by atoms with E-state index in [1.807, 2.05) is 49.9 Å². The summed E-state index contributed by atoms with van der Waals surface area (Å²) in [6.07, 6.45) is -0.0806. The lowest BCUT2D eigenvalue weighted by molar-refractivity contribution is -0.142. The maximum Gasteiger partial charge on any atom is 0.240 e. The molecule has 1 aromatic rings. The molecule has 0 bridgehead atoms. The van der Waals surface area contributed by atoms with Gasteiger partial charge < -0.3 is 15.4 Å². The summed E-state index contributed by atoms with van der Waals surface area (Å²) in [6.45, 7) is 7.68. The lowest BCUT2D eigenvalue weighted by atomic mass is 9.86. The maximum atomic E-state index is 12.5. The third-order valence-corrected chi connectivity index (χ3v) is 4.35. The Labute approximate surface area is 134 Å². The van der Waals surface area contributed by atoms with Crippen molar-refractivity contribution in [3.05, 3.63) is 34.3 Å². The highest BCUT2D eigenvalue weighted by molar-refractivity contribution is 9.10. The number of halogens is 1. The third-order valence-electron chi connectivity index (χ3n) is 3.82. The fraction of sp³-hybridized carbons (Fsp3) is 0.562. The predicted octanol–water partition coefficient (Wildman–Crippen LogP) is 2.72. The zero-order chi connectivity index (χ0) is 15.6. The first-order valence-corrected chi connectivity index (χ1v) is 8.00. The van der Waals surface area contributed by atoms with Crippen LogP contribution in [-0.4, -0.2) is 36.5 Å². The lowest BCUT2D eigenvalue weighted by Gasteiger charge is -2.37. The highest BCUT2D eigenvalue weighted by Crippen LogP contribution is 2.26. The molecule has 2 N–H and O–H groups in total. The molecule has 21 heavy (non-hydrogen) atoms. The molecule has 116 valence electrons. The van der Waals surface area contributed by atoms with E-state index >= 15 is 0 Å². The Morgan fingerprint density at radius 1 is 1.38 bits per heavy atom. The van der Waals surface area contributed by atoms with Gasteiger partial charge >= 0.3 is 0 Å². The summed E-state index contributed by atoms with van der Waals surface area (Å²) in [6, 6.07) is 7.53. The molecule has 2 atom stereocenters. The van der Waals surface area contributed by atoms with Gasteiger partial charge in [0.15, 0.2) is 0 Å². The van der Waals surface area contributed by atoms with E-state index in [1.54, 1.807) is 0 Å². The van der Waals surface area contributed by atoms with E-state index < -0.39 is 6.04 Å². The van der Waals surface area contributed by atoms with Crippen LogP contribution in [-0.2, 0) is 9.53 Å². The van der Waals surface area contributed by atoms with E-state index in [0.717, 1.165) is 10.0 Å². The van der Waals surface area contributed by atoms with Crippen molar-refractivity contribution in [2.75, 3.05) is 19.7 Å². The molecular weight excluding hydrogens is 332 g/mol. The number of carbonyl (C=O) groups excluding carboxylic acids is 1. The zero-order valence-electron chi connectivity index (χ0n) is 12.8. The highest BCUT2D eigenvalue weighted by atomic mass is 79.9. The first-order chi connectivity index (χ1) is 9.79. The van der Waals surface area contributed by atoms with Crippen LogP contribution in [0.25, 0.3) is 0 Å². The molecule has 1 fully saturated rings. The Kier molecular flexibility index (Phi) is 5.07. The molecule has 2 rings (SSSR count). The van der Waals surface area contributed by atoms with Crippen molar-refractivity contribution in [2.45, 2.75) is 32.9 Å². The average molecular weight is 355 g/mol. The molecule has 1 amide bonds. The fourth-order valence-electron chi connectivity index (χ4n) is 2.30. The molecule has 0 aromatic heterocycles. The Balaban J connectivity index is 2.07. The Bertz CT molecular complexity index is 496. The van der Waals surface area contributed by atoms with Gasteiger partial charge in [-0.15, -0.1) is 0 Å². The second kappa shape index (κ2) is 6.46. The van der Waals surface area contributed by atoms with Crippen LogP contribution in [0, 0.1) is 5.41 Å². The molecule has 1 saturated heterocycles. The summed E-state index contributed by atoms with van der Waals surface area (Å²) < 4.78 is 6.83. The molecule has 1 aliphatic heterocycles. The normalized spacial score (nSPS) is 21.2. The number of nitrogens with two attached hydrogens (primary N) is 1. The van der Waals surface area contributed by atoms with Gasteiger partial charge in [0, 0.05) is 11.0 Å². The van der Waals surface area contributed by atoms with Gasteiger partial charge in [-0.2, -0.15) is 0 Å². The number of carbonyl (C=O) groups is 1. The summed E-state index contributed by atoms with van der Waals surface area (Å²) in [5.74, 6) is 0.00733. The molecule has 0 spiro atoms. The SMILES string of the molecule is CC(C)(C)[C@H](N)C(=O)N1CCOC(c2ccc(Br)cc2)C1. The van der Waals surface area contributed by atoms with Crippen molar-refractivity contribution >= 4 is 21.8 Å². The van der Waals surface area contributed by atoms with Crippen molar-refractivity contribution in [1.82, 2.24) is 4.90 Å². The number of nitrogens with zero attached hydrogens (tertiary/aromatic N) is 1. The van der Waals surface area contributed by atoms with Crippen LogP contribution in [0.15, 0.2) is 28.7 Å². The predicted molar refractivity (Wildman–Crippen MR) is 86.8 cm³/mol. The van der Waals surface area contributed by atoms with Crippen molar-refractivity contribution in [1.29, 1.82) is 0 Å². The Morgan fingerprint density at radius 2 is 2.00 bits per heavy atom. The van der Waals surface area contributed by atoms with Gasteiger partial charge in [-0.1, -0.05) is 48.8 Å². The summed E-state index contributed by atoms with van der Waals surface area (Å²) in [7, 11) is 0. The monoisotopic (exact) mass is 354 g/mol. The largest absolute Gasteiger partial charge is 0.370 e. The van der Waals surface area contributed by atoms with E-state index in [-0.39, 0.29) is 17.4 Å². The third kappa shape index (κ3) is 4.05. The summed E-state index contributed by atoms with van der Waals surface area (Å²) in [5, 5.41) is 0. The van der Waals surface area contributed by atoms with Crippen molar-refractivity contribution < 1.29 is 9.53 Å². The summed E-state index contributed by atoms with van der Waals surface area (Å²) in [5.41, 5.74) is 6.94. The molecule has 0 saturated carbocycles. The van der Waals surface area contributed by atoms with E-state index in [2.05, 4.69) is 15.9 Å². The van der Waals surface area contributed by atoms with E-state index in [1.165, 1.54) is 0 Å². The number of hydrogen-bond donors (Lipinski definition) is 1. The molecule has 1 heterocycles. The van der Waals surface area contributed by atoms with E-state index in [4.69, 9.17) is 10.5 Å². The fourth-order valence-corrected chi connectivity index (χ4v) is 2.56. The molecule has 1 unspecified atom stereocenters. The number of amides is 1. The smallest absolute Gasteiger partial charge is 0.240 e. The zero-order valence-corrected chi connectivity index (χ0v) is 14.4. The van der Waals surface area contributed by atoms with Gasteiger partial charge in [-0.05, 0) is 23.1 Å². The van der Waals surface area contributed by atoms with Gasteiger partial charge in [0.2, 0.25) is 5.91 Å². The molecule has 0 radical (unpaired) electrons.